The van der Waals surface area contributed by atoms with Gasteiger partial charge in [0.15, 0.2) is 0 Å². The van der Waals surface area contributed by atoms with Gasteiger partial charge in [0.1, 0.15) is 10.8 Å². The number of hydrogen-bond acceptors (Lipinski definition) is 3. The van der Waals surface area contributed by atoms with E-state index in [2.05, 4.69) is 38.1 Å². The zero-order chi connectivity index (χ0) is 15.2. The lowest BCUT2D eigenvalue weighted by Gasteiger charge is -2.19. The number of carbonyl (C=O) groups excluding carboxylic acids is 1. The van der Waals surface area contributed by atoms with Gasteiger partial charge in [0.25, 0.3) is 0 Å². The number of carbonyl (C=O) groups is 1. The minimum Gasteiger partial charge on any atom is -0.444 e. The molecule has 1 N–H and O–H groups in total. The summed E-state index contributed by atoms with van der Waals surface area (Å²) in [5.41, 5.74) is 0.156. The van der Waals surface area contributed by atoms with Crippen LogP contribution in [-0.4, -0.2) is 23.2 Å². The highest BCUT2D eigenvalue weighted by molar-refractivity contribution is 9.10. The van der Waals surface area contributed by atoms with Crippen LogP contribution in [-0.2, 0) is 4.74 Å². The Bertz CT molecular complexity index is 544. The Kier molecular flexibility index (Phi) is 6.31. The number of nitrogens with zero attached hydrogens (tertiary/aromatic N) is 1. The zero-order valence-corrected chi connectivity index (χ0v) is 13.9. The van der Waals surface area contributed by atoms with Crippen LogP contribution in [0.3, 0.4) is 0 Å². The van der Waals surface area contributed by atoms with Gasteiger partial charge < -0.3 is 10.1 Å². The average Bonchev–Trinajstić information content (AvgIpc) is 2.30. The molecule has 0 atom stereocenters. The van der Waals surface area contributed by atoms with E-state index in [9.17, 15) is 4.79 Å². The lowest BCUT2D eigenvalue weighted by molar-refractivity contribution is 0.0529. The van der Waals surface area contributed by atoms with Crippen molar-refractivity contribution in [1.29, 1.82) is 0 Å². The van der Waals surface area contributed by atoms with Gasteiger partial charge in [-0.15, -0.1) is 0 Å². The zero-order valence-electron chi connectivity index (χ0n) is 11.6. The molecule has 1 heterocycles. The van der Waals surface area contributed by atoms with Gasteiger partial charge in [0, 0.05) is 23.6 Å². The van der Waals surface area contributed by atoms with Crippen molar-refractivity contribution in [2.75, 3.05) is 6.54 Å². The number of pyridine rings is 1. The molecule has 0 spiro atoms. The van der Waals surface area contributed by atoms with Crippen LogP contribution in [0.1, 0.15) is 32.8 Å². The predicted molar refractivity (Wildman–Crippen MR) is 82.7 cm³/mol. The topological polar surface area (TPSA) is 51.2 Å². The van der Waals surface area contributed by atoms with Gasteiger partial charge in [0.05, 0.1) is 5.56 Å². The molecule has 0 unspecified atom stereocenters. The van der Waals surface area contributed by atoms with E-state index in [1.54, 1.807) is 12.3 Å². The van der Waals surface area contributed by atoms with E-state index >= 15 is 0 Å². The van der Waals surface area contributed by atoms with Crippen LogP contribution in [0.15, 0.2) is 16.7 Å². The maximum Gasteiger partial charge on any atom is 0.407 e. The van der Waals surface area contributed by atoms with Gasteiger partial charge in [0.2, 0.25) is 0 Å². The van der Waals surface area contributed by atoms with Crippen molar-refractivity contribution in [3.8, 4) is 11.8 Å². The summed E-state index contributed by atoms with van der Waals surface area (Å²) in [4.78, 5) is 15.3. The first kappa shape index (κ1) is 16.8. The average molecular weight is 360 g/mol. The van der Waals surface area contributed by atoms with Crippen LogP contribution in [0, 0.1) is 11.8 Å². The molecule has 0 radical (unpaired) electrons. The number of halogens is 2. The SMILES string of the molecule is CC(C)(C)OC(=O)NCCC#Cc1cc(Br)cnc1Cl. The van der Waals surface area contributed by atoms with Crippen molar-refractivity contribution in [2.45, 2.75) is 32.8 Å². The molecule has 1 aromatic rings. The normalized spacial score (nSPS) is 10.4. The van der Waals surface area contributed by atoms with Crippen LogP contribution in [0.2, 0.25) is 5.15 Å². The highest BCUT2D eigenvalue weighted by Gasteiger charge is 2.15. The molecule has 0 aliphatic heterocycles. The number of alkyl carbamates (subject to hydrolysis) is 1. The largest absolute Gasteiger partial charge is 0.444 e. The van der Waals surface area contributed by atoms with Crippen molar-refractivity contribution >= 4 is 33.6 Å². The number of hydrogen-bond donors (Lipinski definition) is 1. The molecule has 0 aliphatic rings. The molecule has 0 aromatic carbocycles. The summed E-state index contributed by atoms with van der Waals surface area (Å²) in [6.45, 7) is 5.86. The molecule has 1 aromatic heterocycles. The third kappa shape index (κ3) is 6.78. The highest BCUT2D eigenvalue weighted by Crippen LogP contribution is 2.16. The van der Waals surface area contributed by atoms with Crippen molar-refractivity contribution < 1.29 is 9.53 Å². The molecule has 0 saturated heterocycles. The monoisotopic (exact) mass is 358 g/mol. The number of aromatic nitrogens is 1. The third-order valence-electron chi connectivity index (χ3n) is 1.95. The molecule has 1 rings (SSSR count). The van der Waals surface area contributed by atoms with E-state index in [0.29, 0.717) is 23.7 Å². The Morgan fingerprint density at radius 3 is 2.90 bits per heavy atom. The van der Waals surface area contributed by atoms with E-state index in [1.165, 1.54) is 0 Å². The summed E-state index contributed by atoms with van der Waals surface area (Å²) in [5.74, 6) is 5.83. The van der Waals surface area contributed by atoms with Gasteiger partial charge in [-0.05, 0) is 42.8 Å². The van der Waals surface area contributed by atoms with Crippen LogP contribution >= 0.6 is 27.5 Å². The Balaban J connectivity index is 2.40. The van der Waals surface area contributed by atoms with Gasteiger partial charge in [-0.2, -0.15) is 0 Å². The molecule has 1 amide bonds. The molecular formula is C14H16BrClN2O2. The Morgan fingerprint density at radius 2 is 2.25 bits per heavy atom. The standard InChI is InChI=1S/C14H16BrClN2O2/c1-14(2,3)20-13(19)17-7-5-4-6-10-8-11(15)9-18-12(10)16/h8-9H,5,7H2,1-3H3,(H,17,19). The third-order valence-corrected chi connectivity index (χ3v) is 2.68. The Labute approximate surface area is 132 Å². The van der Waals surface area contributed by atoms with E-state index in [0.717, 1.165) is 4.47 Å². The maximum atomic E-state index is 11.4. The molecular weight excluding hydrogens is 344 g/mol. The van der Waals surface area contributed by atoms with Crippen molar-refractivity contribution in [3.63, 3.8) is 0 Å². The van der Waals surface area contributed by atoms with Gasteiger partial charge in [-0.25, -0.2) is 9.78 Å². The molecule has 20 heavy (non-hydrogen) atoms. The van der Waals surface area contributed by atoms with E-state index in [-0.39, 0.29) is 0 Å². The smallest absolute Gasteiger partial charge is 0.407 e. The number of amides is 1. The molecule has 0 saturated carbocycles. The molecule has 108 valence electrons. The van der Waals surface area contributed by atoms with Crippen LogP contribution in [0.5, 0.6) is 0 Å². The first-order valence-electron chi connectivity index (χ1n) is 6.05. The maximum absolute atomic E-state index is 11.4. The summed E-state index contributed by atoms with van der Waals surface area (Å²) >= 11 is 9.21. The summed E-state index contributed by atoms with van der Waals surface area (Å²) in [5, 5.41) is 2.99. The number of nitrogens with one attached hydrogen (secondary N) is 1. The summed E-state index contributed by atoms with van der Waals surface area (Å²) < 4.78 is 5.92. The van der Waals surface area contributed by atoms with Crippen LogP contribution < -0.4 is 5.32 Å². The van der Waals surface area contributed by atoms with Crippen LogP contribution in [0.25, 0.3) is 0 Å². The van der Waals surface area contributed by atoms with Crippen molar-refractivity contribution in [3.05, 3.63) is 27.5 Å². The highest BCUT2D eigenvalue weighted by atomic mass is 79.9. The molecule has 0 aliphatic carbocycles. The predicted octanol–water partition coefficient (Wildman–Crippen LogP) is 3.76. The minimum atomic E-state index is -0.495. The second-order valence-electron chi connectivity index (χ2n) is 4.97. The number of ether oxygens (including phenoxy) is 1. The molecule has 0 fully saturated rings. The fraction of sp³-hybridized carbons (Fsp3) is 0.429. The molecule has 0 bridgehead atoms. The molecule has 6 heteroatoms. The lowest BCUT2D eigenvalue weighted by Crippen LogP contribution is -2.32. The second-order valence-corrected chi connectivity index (χ2v) is 6.25. The van der Waals surface area contributed by atoms with Gasteiger partial charge in [-0.1, -0.05) is 23.4 Å². The first-order chi connectivity index (χ1) is 9.28. The summed E-state index contributed by atoms with van der Waals surface area (Å²) in [7, 11) is 0. The summed E-state index contributed by atoms with van der Waals surface area (Å²) in [6.07, 6.45) is 1.67. The van der Waals surface area contributed by atoms with Crippen molar-refractivity contribution in [1.82, 2.24) is 10.3 Å². The lowest BCUT2D eigenvalue weighted by atomic mass is 10.2. The Hall–Kier alpha value is -1.25. The quantitative estimate of drug-likeness (QED) is 0.497. The molecule has 4 nitrogen and oxygen atoms in total. The first-order valence-corrected chi connectivity index (χ1v) is 7.22. The Morgan fingerprint density at radius 1 is 1.55 bits per heavy atom. The van der Waals surface area contributed by atoms with Gasteiger partial charge in [-0.3, -0.25) is 0 Å². The van der Waals surface area contributed by atoms with E-state index < -0.39 is 11.7 Å². The van der Waals surface area contributed by atoms with Crippen molar-refractivity contribution in [2.24, 2.45) is 0 Å². The number of rotatable bonds is 2. The fourth-order valence-electron chi connectivity index (χ4n) is 1.21. The van der Waals surface area contributed by atoms with Crippen LogP contribution in [0.4, 0.5) is 4.79 Å². The minimum absolute atomic E-state index is 0.362. The van der Waals surface area contributed by atoms with Gasteiger partial charge >= 0.3 is 6.09 Å². The second kappa shape index (κ2) is 7.51. The van der Waals surface area contributed by atoms with E-state index in [1.807, 2.05) is 20.8 Å². The summed E-state index contributed by atoms with van der Waals surface area (Å²) in [6, 6.07) is 1.80. The van der Waals surface area contributed by atoms with E-state index in [4.69, 9.17) is 16.3 Å². The fourth-order valence-corrected chi connectivity index (χ4v) is 1.69.